The molecule has 1 aliphatic heterocycles. The highest BCUT2D eigenvalue weighted by Gasteiger charge is 2.30. The normalized spacial score (nSPS) is 25.4. The molecule has 0 saturated carbocycles. The summed E-state index contributed by atoms with van der Waals surface area (Å²) in [5.41, 5.74) is 6.84. The molecular weight excluding hydrogens is 190 g/mol. The van der Waals surface area contributed by atoms with E-state index in [4.69, 9.17) is 10.5 Å². The number of anilines is 1. The van der Waals surface area contributed by atoms with Crippen molar-refractivity contribution >= 4 is 5.82 Å². The van der Waals surface area contributed by atoms with Crippen LogP contribution in [0.15, 0.2) is 6.07 Å². The topological polar surface area (TPSA) is 53.1 Å². The van der Waals surface area contributed by atoms with Crippen molar-refractivity contribution < 1.29 is 4.74 Å². The Balaban J connectivity index is 2.20. The first kappa shape index (κ1) is 10.5. The first-order valence-corrected chi connectivity index (χ1v) is 5.43. The standard InChI is InChI=1S/C11H19N3O/c1-8-6-10(12)14(13-8)9-4-5-15-11(2,3)7-9/h6,9H,4-5,7,12H2,1-3H3/t9-/m0/s1. The number of rotatable bonds is 1. The summed E-state index contributed by atoms with van der Waals surface area (Å²) in [6.45, 7) is 6.99. The van der Waals surface area contributed by atoms with Crippen molar-refractivity contribution in [3.63, 3.8) is 0 Å². The largest absolute Gasteiger partial charge is 0.384 e. The Morgan fingerprint density at radius 1 is 1.60 bits per heavy atom. The SMILES string of the molecule is Cc1cc(N)n([C@H]2CCOC(C)(C)C2)n1. The summed E-state index contributed by atoms with van der Waals surface area (Å²) in [5, 5.41) is 4.44. The van der Waals surface area contributed by atoms with Crippen molar-refractivity contribution in [3.05, 3.63) is 11.8 Å². The summed E-state index contributed by atoms with van der Waals surface area (Å²) in [7, 11) is 0. The lowest BCUT2D eigenvalue weighted by molar-refractivity contribution is -0.0704. The van der Waals surface area contributed by atoms with Crippen LogP contribution in [0.4, 0.5) is 5.82 Å². The van der Waals surface area contributed by atoms with Crippen molar-refractivity contribution in [2.45, 2.75) is 45.3 Å². The molecule has 0 amide bonds. The lowest BCUT2D eigenvalue weighted by atomic mass is 9.94. The molecule has 2 heterocycles. The van der Waals surface area contributed by atoms with Gasteiger partial charge in [0, 0.05) is 12.7 Å². The third-order valence-corrected chi connectivity index (χ3v) is 2.90. The zero-order valence-corrected chi connectivity index (χ0v) is 9.66. The van der Waals surface area contributed by atoms with E-state index in [0.29, 0.717) is 6.04 Å². The molecule has 0 bridgehead atoms. The second kappa shape index (κ2) is 3.52. The van der Waals surface area contributed by atoms with Gasteiger partial charge in [-0.3, -0.25) is 0 Å². The van der Waals surface area contributed by atoms with Gasteiger partial charge in [-0.2, -0.15) is 5.10 Å². The number of nitrogens with zero attached hydrogens (tertiary/aromatic N) is 2. The summed E-state index contributed by atoms with van der Waals surface area (Å²) in [4.78, 5) is 0. The molecule has 1 saturated heterocycles. The number of nitrogen functional groups attached to an aromatic ring is 1. The highest BCUT2D eigenvalue weighted by atomic mass is 16.5. The van der Waals surface area contributed by atoms with Crippen LogP contribution >= 0.6 is 0 Å². The monoisotopic (exact) mass is 209 g/mol. The van der Waals surface area contributed by atoms with Crippen LogP contribution in [-0.2, 0) is 4.74 Å². The lowest BCUT2D eigenvalue weighted by Gasteiger charge is -2.35. The van der Waals surface area contributed by atoms with Gasteiger partial charge in [0.25, 0.3) is 0 Å². The maximum absolute atomic E-state index is 5.92. The molecule has 2 rings (SSSR count). The predicted octanol–water partition coefficient (Wildman–Crippen LogP) is 1.90. The van der Waals surface area contributed by atoms with Crippen LogP contribution in [-0.4, -0.2) is 22.0 Å². The first-order valence-electron chi connectivity index (χ1n) is 5.43. The average Bonchev–Trinajstić information content (AvgIpc) is 2.43. The van der Waals surface area contributed by atoms with Gasteiger partial charge in [-0.15, -0.1) is 0 Å². The molecule has 84 valence electrons. The third-order valence-electron chi connectivity index (χ3n) is 2.90. The molecule has 15 heavy (non-hydrogen) atoms. The minimum absolute atomic E-state index is 0.0603. The summed E-state index contributed by atoms with van der Waals surface area (Å²) in [6.07, 6.45) is 1.97. The van der Waals surface area contributed by atoms with Gasteiger partial charge in [0.15, 0.2) is 0 Å². The number of nitrogens with two attached hydrogens (primary N) is 1. The predicted molar refractivity (Wildman–Crippen MR) is 59.7 cm³/mol. The van der Waals surface area contributed by atoms with Gasteiger partial charge in [0.1, 0.15) is 5.82 Å². The van der Waals surface area contributed by atoms with Crippen LogP contribution in [0.5, 0.6) is 0 Å². The summed E-state index contributed by atoms with van der Waals surface area (Å²) in [6, 6.07) is 2.30. The Kier molecular flexibility index (Phi) is 2.46. The molecule has 1 aromatic rings. The van der Waals surface area contributed by atoms with Gasteiger partial charge < -0.3 is 10.5 Å². The molecular formula is C11H19N3O. The Morgan fingerprint density at radius 2 is 2.33 bits per heavy atom. The molecule has 1 fully saturated rings. The zero-order valence-electron chi connectivity index (χ0n) is 9.66. The quantitative estimate of drug-likeness (QED) is 0.768. The Morgan fingerprint density at radius 3 is 2.87 bits per heavy atom. The Labute approximate surface area is 90.4 Å². The molecule has 0 radical (unpaired) electrons. The van der Waals surface area contributed by atoms with Gasteiger partial charge in [0.2, 0.25) is 0 Å². The van der Waals surface area contributed by atoms with Gasteiger partial charge in [-0.05, 0) is 33.6 Å². The number of aryl methyl sites for hydroxylation is 1. The Hall–Kier alpha value is -1.03. The van der Waals surface area contributed by atoms with Crippen molar-refractivity contribution in [2.24, 2.45) is 0 Å². The van der Waals surface area contributed by atoms with E-state index in [-0.39, 0.29) is 5.60 Å². The molecule has 1 aliphatic rings. The molecule has 0 unspecified atom stereocenters. The highest BCUT2D eigenvalue weighted by Crippen LogP contribution is 2.32. The number of hydrogen-bond acceptors (Lipinski definition) is 3. The van der Waals surface area contributed by atoms with E-state index in [9.17, 15) is 0 Å². The molecule has 1 aromatic heterocycles. The van der Waals surface area contributed by atoms with E-state index < -0.39 is 0 Å². The van der Waals surface area contributed by atoms with Gasteiger partial charge in [-0.25, -0.2) is 4.68 Å². The van der Waals surface area contributed by atoms with E-state index in [1.807, 2.05) is 17.7 Å². The van der Waals surface area contributed by atoms with Crippen molar-refractivity contribution in [1.82, 2.24) is 9.78 Å². The van der Waals surface area contributed by atoms with Crippen LogP contribution in [0.25, 0.3) is 0 Å². The van der Waals surface area contributed by atoms with Crippen molar-refractivity contribution in [3.8, 4) is 0 Å². The summed E-state index contributed by atoms with van der Waals surface area (Å²) in [5.74, 6) is 0.759. The van der Waals surface area contributed by atoms with Crippen molar-refractivity contribution in [2.75, 3.05) is 12.3 Å². The molecule has 4 nitrogen and oxygen atoms in total. The maximum Gasteiger partial charge on any atom is 0.122 e. The van der Waals surface area contributed by atoms with Crippen LogP contribution in [0.1, 0.15) is 38.4 Å². The Bertz CT molecular complexity index is 357. The number of ether oxygens (including phenoxy) is 1. The van der Waals surface area contributed by atoms with E-state index in [1.165, 1.54) is 0 Å². The smallest absolute Gasteiger partial charge is 0.122 e. The van der Waals surface area contributed by atoms with Gasteiger partial charge in [-0.1, -0.05) is 0 Å². The van der Waals surface area contributed by atoms with E-state index in [1.54, 1.807) is 0 Å². The van der Waals surface area contributed by atoms with Crippen LogP contribution < -0.4 is 5.73 Å². The number of hydrogen-bond donors (Lipinski definition) is 1. The molecule has 0 aromatic carbocycles. The molecule has 4 heteroatoms. The van der Waals surface area contributed by atoms with Crippen LogP contribution in [0.3, 0.4) is 0 Å². The van der Waals surface area contributed by atoms with Crippen LogP contribution in [0, 0.1) is 6.92 Å². The van der Waals surface area contributed by atoms with E-state index >= 15 is 0 Å². The van der Waals surface area contributed by atoms with E-state index in [2.05, 4.69) is 18.9 Å². The maximum atomic E-state index is 5.92. The second-order valence-electron chi connectivity index (χ2n) is 4.91. The molecule has 0 spiro atoms. The molecule has 1 atom stereocenters. The molecule has 0 aliphatic carbocycles. The summed E-state index contributed by atoms with van der Waals surface area (Å²) < 4.78 is 7.63. The van der Waals surface area contributed by atoms with Crippen molar-refractivity contribution in [1.29, 1.82) is 0 Å². The fraction of sp³-hybridized carbons (Fsp3) is 0.727. The zero-order chi connectivity index (χ0) is 11.1. The lowest BCUT2D eigenvalue weighted by Crippen LogP contribution is -2.35. The minimum Gasteiger partial charge on any atom is -0.384 e. The average molecular weight is 209 g/mol. The molecule has 2 N–H and O–H groups in total. The fourth-order valence-corrected chi connectivity index (χ4v) is 2.24. The van der Waals surface area contributed by atoms with Gasteiger partial charge >= 0.3 is 0 Å². The summed E-state index contributed by atoms with van der Waals surface area (Å²) >= 11 is 0. The third kappa shape index (κ3) is 2.15. The number of aromatic nitrogens is 2. The minimum atomic E-state index is -0.0603. The second-order valence-corrected chi connectivity index (χ2v) is 4.91. The fourth-order valence-electron chi connectivity index (χ4n) is 2.24. The first-order chi connectivity index (χ1) is 6.98. The highest BCUT2D eigenvalue weighted by molar-refractivity contribution is 5.31. The van der Waals surface area contributed by atoms with Gasteiger partial charge in [0.05, 0.1) is 17.3 Å². The van der Waals surface area contributed by atoms with E-state index in [0.717, 1.165) is 31.0 Å². The van der Waals surface area contributed by atoms with Crippen LogP contribution in [0.2, 0.25) is 0 Å².